The molecule has 1 heterocycles. The van der Waals surface area contributed by atoms with Gasteiger partial charge in [-0.3, -0.25) is 14.5 Å². The molecule has 1 saturated heterocycles. The van der Waals surface area contributed by atoms with Crippen LogP contribution in [0.2, 0.25) is 0 Å². The number of ether oxygens (including phenoxy) is 2. The normalized spacial score (nSPS) is 16.8. The highest BCUT2D eigenvalue weighted by molar-refractivity contribution is 7.98. The molecule has 1 fully saturated rings. The smallest absolute Gasteiger partial charge is 0.408 e. The zero-order valence-corrected chi connectivity index (χ0v) is 18.9. The lowest BCUT2D eigenvalue weighted by Crippen LogP contribution is -2.61. The van der Waals surface area contributed by atoms with Gasteiger partial charge in [-0.2, -0.15) is 11.8 Å². The molecule has 2 atom stereocenters. The van der Waals surface area contributed by atoms with Crippen LogP contribution in [0.4, 0.5) is 4.79 Å². The fourth-order valence-corrected chi connectivity index (χ4v) is 3.64. The first kappa shape index (κ1) is 25.5. The van der Waals surface area contributed by atoms with Gasteiger partial charge in [0.15, 0.2) is 0 Å². The lowest BCUT2D eigenvalue weighted by Gasteiger charge is -2.39. The van der Waals surface area contributed by atoms with Gasteiger partial charge in [0.2, 0.25) is 11.8 Å². The molecule has 0 bridgehead atoms. The summed E-state index contributed by atoms with van der Waals surface area (Å²) in [6.07, 6.45) is 1.08. The maximum Gasteiger partial charge on any atom is 0.408 e. The van der Waals surface area contributed by atoms with Gasteiger partial charge in [-0.25, -0.2) is 4.79 Å². The molecule has 2 N–H and O–H groups in total. The highest BCUT2D eigenvalue weighted by Gasteiger charge is 2.39. The van der Waals surface area contributed by atoms with E-state index in [1.165, 1.54) is 11.8 Å². The number of morpholine rings is 1. The van der Waals surface area contributed by atoms with E-state index in [0.29, 0.717) is 45.1 Å². The van der Waals surface area contributed by atoms with E-state index >= 15 is 0 Å². The van der Waals surface area contributed by atoms with Crippen molar-refractivity contribution in [1.29, 1.82) is 0 Å². The number of nitrogens with zero attached hydrogens (tertiary/aromatic N) is 2. The van der Waals surface area contributed by atoms with Crippen molar-refractivity contribution in [2.24, 2.45) is 0 Å². The number of carbonyl (C=O) groups excluding carboxylic acids is 2. The van der Waals surface area contributed by atoms with Crippen LogP contribution < -0.4 is 5.32 Å². The SMILES string of the molecule is CCOC[C@H](NC(=O)[C@H](CCSC)N(C(=O)O)C(C)(C)C)C(=O)N1CCOCC1. The van der Waals surface area contributed by atoms with Gasteiger partial charge in [-0.15, -0.1) is 0 Å². The molecule has 0 spiro atoms. The average molecular weight is 434 g/mol. The first-order valence-corrected chi connectivity index (χ1v) is 11.3. The number of amides is 3. The van der Waals surface area contributed by atoms with Crippen molar-refractivity contribution >= 4 is 29.7 Å². The number of nitrogens with one attached hydrogen (secondary N) is 1. The van der Waals surface area contributed by atoms with Crippen molar-refractivity contribution in [3.05, 3.63) is 0 Å². The summed E-state index contributed by atoms with van der Waals surface area (Å²) in [6, 6.07) is -1.77. The predicted octanol–water partition coefficient (Wildman–Crippen LogP) is 1.27. The van der Waals surface area contributed by atoms with E-state index in [0.717, 1.165) is 4.90 Å². The van der Waals surface area contributed by atoms with E-state index < -0.39 is 29.6 Å². The number of thioether (sulfide) groups is 1. The van der Waals surface area contributed by atoms with Crippen molar-refractivity contribution in [3.8, 4) is 0 Å². The monoisotopic (exact) mass is 433 g/mol. The van der Waals surface area contributed by atoms with E-state index in [9.17, 15) is 19.5 Å². The van der Waals surface area contributed by atoms with E-state index in [2.05, 4.69) is 5.32 Å². The van der Waals surface area contributed by atoms with E-state index in [4.69, 9.17) is 9.47 Å². The van der Waals surface area contributed by atoms with Crippen LogP contribution in [0.25, 0.3) is 0 Å². The van der Waals surface area contributed by atoms with Gasteiger partial charge in [-0.05, 0) is 46.1 Å². The largest absolute Gasteiger partial charge is 0.465 e. The average Bonchev–Trinajstić information content (AvgIpc) is 2.66. The maximum atomic E-state index is 13.1. The molecule has 9 nitrogen and oxygen atoms in total. The van der Waals surface area contributed by atoms with Crippen molar-refractivity contribution in [2.45, 2.75) is 51.7 Å². The van der Waals surface area contributed by atoms with Gasteiger partial charge in [0.05, 0.1) is 19.8 Å². The summed E-state index contributed by atoms with van der Waals surface area (Å²) in [7, 11) is 0. The topological polar surface area (TPSA) is 108 Å². The second kappa shape index (κ2) is 12.2. The predicted molar refractivity (Wildman–Crippen MR) is 112 cm³/mol. The van der Waals surface area contributed by atoms with Crippen molar-refractivity contribution < 1.29 is 29.0 Å². The molecule has 0 aromatic rings. The Bertz CT molecular complexity index is 549. The fraction of sp³-hybridized carbons (Fsp3) is 0.842. The van der Waals surface area contributed by atoms with Gasteiger partial charge < -0.3 is 24.8 Å². The fourth-order valence-electron chi connectivity index (χ4n) is 3.18. The summed E-state index contributed by atoms with van der Waals surface area (Å²) in [4.78, 5) is 40.8. The van der Waals surface area contributed by atoms with Crippen LogP contribution in [-0.2, 0) is 19.1 Å². The molecule has 0 radical (unpaired) electrons. The molecule has 0 aromatic carbocycles. The molecule has 29 heavy (non-hydrogen) atoms. The molecule has 168 valence electrons. The van der Waals surface area contributed by atoms with Crippen LogP contribution in [0, 0.1) is 0 Å². The number of rotatable bonds is 10. The van der Waals surface area contributed by atoms with Gasteiger partial charge in [0, 0.05) is 25.2 Å². The van der Waals surface area contributed by atoms with Crippen molar-refractivity contribution in [2.75, 3.05) is 51.5 Å². The Hall–Kier alpha value is -1.52. The Morgan fingerprint density at radius 3 is 2.38 bits per heavy atom. The third-order valence-corrected chi connectivity index (χ3v) is 5.21. The molecule has 1 aliphatic rings. The standard InChI is InChI=1S/C19H35N3O6S/c1-6-27-13-14(17(24)21-8-10-28-11-9-21)20-16(23)15(7-12-29-5)22(18(25)26)19(2,3)4/h14-15H,6-13H2,1-5H3,(H,20,23)(H,25,26)/t14-,15-/m0/s1. The second-order valence-electron chi connectivity index (χ2n) is 7.78. The van der Waals surface area contributed by atoms with Crippen LogP contribution in [0.1, 0.15) is 34.1 Å². The summed E-state index contributed by atoms with van der Waals surface area (Å²) >= 11 is 1.54. The van der Waals surface area contributed by atoms with Crippen LogP contribution in [-0.4, -0.2) is 102 Å². The van der Waals surface area contributed by atoms with Crippen LogP contribution in [0.5, 0.6) is 0 Å². The highest BCUT2D eigenvalue weighted by Crippen LogP contribution is 2.21. The zero-order chi connectivity index (χ0) is 22.0. The summed E-state index contributed by atoms with van der Waals surface area (Å²) in [6.45, 7) is 9.31. The second-order valence-corrected chi connectivity index (χ2v) is 8.76. The van der Waals surface area contributed by atoms with E-state index in [1.54, 1.807) is 25.7 Å². The Kier molecular flexibility index (Phi) is 10.8. The highest BCUT2D eigenvalue weighted by atomic mass is 32.2. The first-order valence-electron chi connectivity index (χ1n) is 9.89. The van der Waals surface area contributed by atoms with Gasteiger partial charge in [0.1, 0.15) is 12.1 Å². The Labute approximate surface area is 177 Å². The summed E-state index contributed by atoms with van der Waals surface area (Å²) < 4.78 is 10.7. The number of hydrogen-bond donors (Lipinski definition) is 2. The maximum absolute atomic E-state index is 13.1. The van der Waals surface area contributed by atoms with Crippen LogP contribution >= 0.6 is 11.8 Å². The lowest BCUT2D eigenvalue weighted by atomic mass is 10.0. The van der Waals surface area contributed by atoms with Crippen molar-refractivity contribution in [3.63, 3.8) is 0 Å². The van der Waals surface area contributed by atoms with Gasteiger partial charge in [-0.1, -0.05) is 0 Å². The van der Waals surface area contributed by atoms with E-state index in [1.807, 2.05) is 13.2 Å². The van der Waals surface area contributed by atoms with Crippen molar-refractivity contribution in [1.82, 2.24) is 15.1 Å². The summed E-state index contributed by atoms with van der Waals surface area (Å²) in [5, 5.41) is 12.5. The molecule has 0 unspecified atom stereocenters. The van der Waals surface area contributed by atoms with Crippen LogP contribution in [0.15, 0.2) is 0 Å². The molecular weight excluding hydrogens is 398 g/mol. The molecular formula is C19H35N3O6S. The molecule has 1 rings (SSSR count). The Morgan fingerprint density at radius 1 is 1.28 bits per heavy atom. The third-order valence-electron chi connectivity index (χ3n) is 4.56. The molecule has 0 aliphatic carbocycles. The number of carbonyl (C=O) groups is 3. The third kappa shape index (κ3) is 8.02. The quantitative estimate of drug-likeness (QED) is 0.534. The molecule has 1 aliphatic heterocycles. The minimum Gasteiger partial charge on any atom is -0.465 e. The minimum atomic E-state index is -1.17. The molecule has 0 aromatic heterocycles. The number of hydrogen-bond acceptors (Lipinski definition) is 6. The summed E-state index contributed by atoms with van der Waals surface area (Å²) in [5.41, 5.74) is -0.768. The van der Waals surface area contributed by atoms with Crippen LogP contribution in [0.3, 0.4) is 0 Å². The molecule has 10 heteroatoms. The molecule has 3 amide bonds. The summed E-state index contributed by atoms with van der Waals surface area (Å²) in [5.74, 6) is -0.107. The Morgan fingerprint density at radius 2 is 1.90 bits per heavy atom. The van der Waals surface area contributed by atoms with Gasteiger partial charge in [0.25, 0.3) is 0 Å². The van der Waals surface area contributed by atoms with E-state index in [-0.39, 0.29) is 12.5 Å². The molecule has 0 saturated carbocycles. The Balaban J connectivity index is 3.03. The minimum absolute atomic E-state index is 0.0380. The zero-order valence-electron chi connectivity index (χ0n) is 18.1. The number of carboxylic acid groups (broad SMARTS) is 1. The lowest BCUT2D eigenvalue weighted by molar-refractivity contribution is -0.142. The van der Waals surface area contributed by atoms with Gasteiger partial charge >= 0.3 is 6.09 Å². The first-order chi connectivity index (χ1) is 13.6.